The number of sulfonamides is 1. The minimum Gasteiger partial charge on any atom is -0.494 e. The summed E-state index contributed by atoms with van der Waals surface area (Å²) < 4.78 is 33.2. The average Bonchev–Trinajstić information content (AvgIpc) is 2.74. The molecule has 1 aromatic heterocycles. The predicted molar refractivity (Wildman–Crippen MR) is 124 cm³/mol. The maximum atomic E-state index is 12.7. The molecule has 1 heterocycles. The summed E-state index contributed by atoms with van der Waals surface area (Å²) in [6.07, 6.45) is 3.09. The van der Waals surface area contributed by atoms with E-state index in [1.54, 1.807) is 42.7 Å². The Morgan fingerprint density at radius 2 is 1.66 bits per heavy atom. The highest BCUT2D eigenvalue weighted by atomic mass is 32.2. The molecule has 0 atom stereocenters. The maximum absolute atomic E-state index is 12.7. The van der Waals surface area contributed by atoms with E-state index >= 15 is 0 Å². The van der Waals surface area contributed by atoms with Crippen molar-refractivity contribution in [2.24, 2.45) is 0 Å². The van der Waals surface area contributed by atoms with E-state index in [9.17, 15) is 13.2 Å². The van der Waals surface area contributed by atoms with Gasteiger partial charge in [-0.05, 0) is 49.4 Å². The van der Waals surface area contributed by atoms with E-state index in [1.807, 2.05) is 27.7 Å². The molecule has 0 bridgehead atoms. The van der Waals surface area contributed by atoms with Gasteiger partial charge in [-0.25, -0.2) is 18.4 Å². The van der Waals surface area contributed by atoms with Gasteiger partial charge < -0.3 is 10.1 Å². The molecule has 9 heteroatoms. The molecule has 32 heavy (non-hydrogen) atoms. The van der Waals surface area contributed by atoms with Crippen molar-refractivity contribution in [2.75, 3.05) is 16.6 Å². The summed E-state index contributed by atoms with van der Waals surface area (Å²) in [4.78, 5) is 21.3. The van der Waals surface area contributed by atoms with Crippen molar-refractivity contribution in [3.8, 4) is 5.75 Å². The van der Waals surface area contributed by atoms with Crippen LogP contribution in [0.5, 0.6) is 5.75 Å². The van der Waals surface area contributed by atoms with Gasteiger partial charge in [0.05, 0.1) is 29.6 Å². The lowest BCUT2D eigenvalue weighted by atomic mass is 9.96. The summed E-state index contributed by atoms with van der Waals surface area (Å²) in [7, 11) is -3.82. The van der Waals surface area contributed by atoms with Crippen LogP contribution in [0, 0.1) is 0 Å². The summed E-state index contributed by atoms with van der Waals surface area (Å²) >= 11 is 0. The minimum absolute atomic E-state index is 0.0897. The van der Waals surface area contributed by atoms with Gasteiger partial charge in [0, 0.05) is 16.7 Å². The standard InChI is InChI=1S/C23H26N4O4S/c1-5-31-19-9-11-20(12-10-19)32(29,30)27-17-8-6-7-16(13-17)21(28)26-18-14-24-22(25-15-18)23(2,3)4/h6-15,27H,5H2,1-4H3,(H,26,28). The summed E-state index contributed by atoms with van der Waals surface area (Å²) in [5, 5.41) is 2.72. The molecule has 8 nitrogen and oxygen atoms in total. The van der Waals surface area contributed by atoms with E-state index in [1.165, 1.54) is 18.2 Å². The number of carbonyl (C=O) groups excluding carboxylic acids is 1. The van der Waals surface area contributed by atoms with Crippen LogP contribution in [-0.4, -0.2) is 30.9 Å². The number of nitrogens with one attached hydrogen (secondary N) is 2. The molecule has 0 radical (unpaired) electrons. The predicted octanol–water partition coefficient (Wildman–Crippen LogP) is 4.23. The lowest BCUT2D eigenvalue weighted by molar-refractivity contribution is 0.102. The van der Waals surface area contributed by atoms with E-state index in [0.29, 0.717) is 23.9 Å². The molecule has 0 saturated carbocycles. The fourth-order valence-corrected chi connectivity index (χ4v) is 3.85. The smallest absolute Gasteiger partial charge is 0.261 e. The second-order valence-corrected chi connectivity index (χ2v) is 9.77. The number of hydrogen-bond acceptors (Lipinski definition) is 6. The van der Waals surface area contributed by atoms with E-state index in [4.69, 9.17) is 4.74 Å². The highest BCUT2D eigenvalue weighted by Gasteiger charge is 2.18. The van der Waals surface area contributed by atoms with E-state index in [0.717, 1.165) is 0 Å². The van der Waals surface area contributed by atoms with Crippen LogP contribution in [0.4, 0.5) is 11.4 Å². The molecule has 2 aromatic carbocycles. The quantitative estimate of drug-likeness (QED) is 0.553. The summed E-state index contributed by atoms with van der Waals surface area (Å²) in [6, 6.07) is 12.3. The van der Waals surface area contributed by atoms with Gasteiger partial charge in [-0.3, -0.25) is 9.52 Å². The van der Waals surface area contributed by atoms with Crippen molar-refractivity contribution in [1.29, 1.82) is 0 Å². The zero-order chi connectivity index (χ0) is 23.4. The number of carbonyl (C=O) groups is 1. The Balaban J connectivity index is 1.72. The lowest BCUT2D eigenvalue weighted by Gasteiger charge is -2.16. The Labute approximate surface area is 188 Å². The van der Waals surface area contributed by atoms with Crippen molar-refractivity contribution in [1.82, 2.24) is 9.97 Å². The van der Waals surface area contributed by atoms with Crippen molar-refractivity contribution in [3.63, 3.8) is 0 Å². The van der Waals surface area contributed by atoms with Gasteiger partial charge >= 0.3 is 0 Å². The molecular formula is C23H26N4O4S. The second kappa shape index (κ2) is 9.35. The third-order valence-corrected chi connectivity index (χ3v) is 5.80. The van der Waals surface area contributed by atoms with Gasteiger partial charge in [0.2, 0.25) is 0 Å². The molecule has 0 aliphatic rings. The number of aromatic nitrogens is 2. The van der Waals surface area contributed by atoms with Gasteiger partial charge in [-0.2, -0.15) is 0 Å². The summed E-state index contributed by atoms with van der Waals surface area (Å²) in [6.45, 7) is 8.34. The maximum Gasteiger partial charge on any atom is 0.261 e. The van der Waals surface area contributed by atoms with Crippen molar-refractivity contribution >= 4 is 27.3 Å². The Hall–Kier alpha value is -3.46. The van der Waals surface area contributed by atoms with Gasteiger partial charge in [0.25, 0.3) is 15.9 Å². The zero-order valence-corrected chi connectivity index (χ0v) is 19.2. The molecule has 0 aliphatic carbocycles. The molecule has 3 aromatic rings. The SMILES string of the molecule is CCOc1ccc(S(=O)(=O)Nc2cccc(C(=O)Nc3cnc(C(C)(C)C)nc3)c2)cc1. The first-order valence-electron chi connectivity index (χ1n) is 10.1. The number of anilines is 2. The Kier molecular flexibility index (Phi) is 6.78. The van der Waals surface area contributed by atoms with Crippen molar-refractivity contribution in [3.05, 3.63) is 72.3 Å². The number of amides is 1. The summed E-state index contributed by atoms with van der Waals surface area (Å²) in [5.74, 6) is 0.852. The average molecular weight is 455 g/mol. The second-order valence-electron chi connectivity index (χ2n) is 8.09. The Bertz CT molecular complexity index is 1190. The highest BCUT2D eigenvalue weighted by Crippen LogP contribution is 2.21. The first-order valence-corrected chi connectivity index (χ1v) is 11.6. The van der Waals surface area contributed by atoms with Crippen LogP contribution in [0.2, 0.25) is 0 Å². The monoisotopic (exact) mass is 454 g/mol. The van der Waals surface area contributed by atoms with E-state index in [-0.39, 0.29) is 21.6 Å². The molecule has 0 spiro atoms. The van der Waals surface area contributed by atoms with Crippen LogP contribution in [0.3, 0.4) is 0 Å². The lowest BCUT2D eigenvalue weighted by Crippen LogP contribution is -2.17. The third kappa shape index (κ3) is 5.82. The first kappa shape index (κ1) is 23.2. The number of ether oxygens (including phenoxy) is 1. The van der Waals surface area contributed by atoms with Gasteiger partial charge in [-0.15, -0.1) is 0 Å². The fourth-order valence-electron chi connectivity index (χ4n) is 2.80. The van der Waals surface area contributed by atoms with Crippen LogP contribution in [-0.2, 0) is 15.4 Å². The fraction of sp³-hybridized carbons (Fsp3) is 0.261. The molecule has 0 aliphatic heterocycles. The normalized spacial score (nSPS) is 11.6. The minimum atomic E-state index is -3.82. The molecule has 0 saturated heterocycles. The molecule has 0 unspecified atom stereocenters. The number of rotatable bonds is 7. The van der Waals surface area contributed by atoms with E-state index < -0.39 is 15.9 Å². The van der Waals surface area contributed by atoms with Gasteiger partial charge in [-0.1, -0.05) is 26.8 Å². The number of nitrogens with zero attached hydrogens (tertiary/aromatic N) is 2. The summed E-state index contributed by atoms with van der Waals surface area (Å²) in [5.41, 5.74) is 0.809. The largest absolute Gasteiger partial charge is 0.494 e. The zero-order valence-electron chi connectivity index (χ0n) is 18.4. The Morgan fingerprint density at radius 1 is 1.00 bits per heavy atom. The van der Waals surface area contributed by atoms with Crippen LogP contribution >= 0.6 is 0 Å². The highest BCUT2D eigenvalue weighted by molar-refractivity contribution is 7.92. The van der Waals surface area contributed by atoms with Crippen LogP contribution in [0.1, 0.15) is 43.9 Å². The molecular weight excluding hydrogens is 428 g/mol. The van der Waals surface area contributed by atoms with Gasteiger partial charge in [0.1, 0.15) is 11.6 Å². The molecule has 3 rings (SSSR count). The molecule has 0 fully saturated rings. The number of hydrogen-bond donors (Lipinski definition) is 2. The van der Waals surface area contributed by atoms with Crippen LogP contribution in [0.15, 0.2) is 65.8 Å². The third-order valence-electron chi connectivity index (χ3n) is 4.40. The Morgan fingerprint density at radius 3 is 2.25 bits per heavy atom. The molecule has 2 N–H and O–H groups in total. The van der Waals surface area contributed by atoms with Gasteiger partial charge in [0.15, 0.2) is 0 Å². The first-order chi connectivity index (χ1) is 15.1. The number of benzene rings is 2. The van der Waals surface area contributed by atoms with Crippen molar-refractivity contribution in [2.45, 2.75) is 38.0 Å². The van der Waals surface area contributed by atoms with Crippen LogP contribution in [0.25, 0.3) is 0 Å². The van der Waals surface area contributed by atoms with Crippen molar-refractivity contribution < 1.29 is 17.9 Å². The van der Waals surface area contributed by atoms with E-state index in [2.05, 4.69) is 20.0 Å². The molecule has 168 valence electrons. The topological polar surface area (TPSA) is 110 Å². The van der Waals surface area contributed by atoms with Crippen LogP contribution < -0.4 is 14.8 Å². The molecule has 1 amide bonds.